The molecule has 1 aromatic carbocycles. The second kappa shape index (κ2) is 9.71. The van der Waals surface area contributed by atoms with Crippen molar-refractivity contribution in [1.82, 2.24) is 14.3 Å². The molecule has 7 heteroatoms. The molecule has 0 aliphatic heterocycles. The Morgan fingerprint density at radius 1 is 1.23 bits per heavy atom. The van der Waals surface area contributed by atoms with E-state index in [2.05, 4.69) is 14.8 Å². The first-order chi connectivity index (χ1) is 14.7. The second-order valence-electron chi connectivity index (χ2n) is 7.92. The van der Waals surface area contributed by atoms with Crippen LogP contribution < -0.4 is 0 Å². The molecule has 1 saturated carbocycles. The van der Waals surface area contributed by atoms with Gasteiger partial charge in [-0.3, -0.25) is 9.20 Å². The van der Waals surface area contributed by atoms with Crippen molar-refractivity contribution in [3.05, 3.63) is 47.4 Å². The number of thiazole rings is 1. The highest BCUT2D eigenvalue weighted by atomic mass is 32.1. The van der Waals surface area contributed by atoms with Crippen LogP contribution in [0.2, 0.25) is 0 Å². The third-order valence-corrected chi connectivity index (χ3v) is 6.78. The van der Waals surface area contributed by atoms with E-state index in [4.69, 9.17) is 4.74 Å². The van der Waals surface area contributed by atoms with Crippen molar-refractivity contribution in [2.45, 2.75) is 38.5 Å². The smallest absolute Gasteiger partial charge is 0.225 e. The molecule has 5 nitrogen and oxygen atoms in total. The summed E-state index contributed by atoms with van der Waals surface area (Å²) in [7, 11) is 1.67. The van der Waals surface area contributed by atoms with Crippen LogP contribution in [-0.4, -0.2) is 47.0 Å². The maximum atomic E-state index is 13.2. The summed E-state index contributed by atoms with van der Waals surface area (Å²) in [4.78, 5) is 20.6. The molecule has 2 heterocycles. The van der Waals surface area contributed by atoms with Gasteiger partial charge in [0, 0.05) is 55.4 Å². The van der Waals surface area contributed by atoms with Gasteiger partial charge in [0.05, 0.1) is 12.3 Å². The van der Waals surface area contributed by atoms with Gasteiger partial charge in [-0.2, -0.15) is 0 Å². The number of imidazole rings is 1. The number of carbonyl (C=O) groups excluding carboxylic acids is 1. The van der Waals surface area contributed by atoms with Gasteiger partial charge in [0.2, 0.25) is 5.91 Å². The fourth-order valence-corrected chi connectivity index (χ4v) is 5.07. The summed E-state index contributed by atoms with van der Waals surface area (Å²) >= 11 is 1.59. The molecule has 1 amide bonds. The number of nitrogens with zero attached hydrogens (tertiary/aromatic N) is 3. The predicted molar refractivity (Wildman–Crippen MR) is 117 cm³/mol. The first-order valence-electron chi connectivity index (χ1n) is 10.6. The van der Waals surface area contributed by atoms with Crippen molar-refractivity contribution in [2.75, 3.05) is 26.8 Å². The largest absolute Gasteiger partial charge is 0.383 e. The Bertz CT molecular complexity index is 976. The first kappa shape index (κ1) is 21.0. The van der Waals surface area contributed by atoms with Crippen LogP contribution in [0.15, 0.2) is 35.8 Å². The lowest BCUT2D eigenvalue weighted by Crippen LogP contribution is -2.40. The summed E-state index contributed by atoms with van der Waals surface area (Å²) in [5.74, 6) is 0.187. The van der Waals surface area contributed by atoms with E-state index in [0.29, 0.717) is 19.7 Å². The van der Waals surface area contributed by atoms with Gasteiger partial charge in [-0.15, -0.1) is 11.3 Å². The molecular weight excluding hydrogens is 401 g/mol. The molecule has 1 fully saturated rings. The van der Waals surface area contributed by atoms with Gasteiger partial charge in [-0.1, -0.05) is 19.3 Å². The van der Waals surface area contributed by atoms with Gasteiger partial charge < -0.3 is 9.64 Å². The standard InChI is InChI=1S/C23H28FN3O2S/c1-29-14-13-26(22(28)18-5-3-2-4-6-18)12-11-20-16-30-23-25-21(15-27(20)23)17-7-9-19(24)10-8-17/h7-10,15-16,18H,2-6,11-14H2,1H3. The van der Waals surface area contributed by atoms with Gasteiger partial charge in [-0.05, 0) is 37.1 Å². The van der Waals surface area contributed by atoms with Crippen molar-refractivity contribution < 1.29 is 13.9 Å². The van der Waals surface area contributed by atoms with E-state index in [1.165, 1.54) is 18.6 Å². The van der Waals surface area contributed by atoms with Crippen LogP contribution in [0.1, 0.15) is 37.8 Å². The topological polar surface area (TPSA) is 46.8 Å². The molecule has 4 rings (SSSR count). The van der Waals surface area contributed by atoms with E-state index >= 15 is 0 Å². The van der Waals surface area contributed by atoms with E-state index in [-0.39, 0.29) is 17.6 Å². The molecule has 160 valence electrons. The molecule has 2 aromatic heterocycles. The number of fused-ring (bicyclic) bond motifs is 1. The summed E-state index contributed by atoms with van der Waals surface area (Å²) in [5, 5.41) is 2.11. The Morgan fingerprint density at radius 2 is 2.00 bits per heavy atom. The summed E-state index contributed by atoms with van der Waals surface area (Å²) in [5.41, 5.74) is 2.86. The number of benzene rings is 1. The third kappa shape index (κ3) is 4.73. The number of ether oxygens (including phenoxy) is 1. The highest BCUT2D eigenvalue weighted by Gasteiger charge is 2.26. The van der Waals surface area contributed by atoms with Gasteiger partial charge in [-0.25, -0.2) is 9.37 Å². The van der Waals surface area contributed by atoms with Crippen LogP contribution in [-0.2, 0) is 16.0 Å². The van der Waals surface area contributed by atoms with Crippen LogP contribution >= 0.6 is 11.3 Å². The Morgan fingerprint density at radius 3 is 2.73 bits per heavy atom. The monoisotopic (exact) mass is 429 g/mol. The zero-order valence-electron chi connectivity index (χ0n) is 17.3. The highest BCUT2D eigenvalue weighted by molar-refractivity contribution is 7.15. The van der Waals surface area contributed by atoms with Crippen LogP contribution in [0.4, 0.5) is 4.39 Å². The zero-order valence-corrected chi connectivity index (χ0v) is 18.2. The van der Waals surface area contributed by atoms with Gasteiger partial charge in [0.15, 0.2) is 4.96 Å². The number of methoxy groups -OCH3 is 1. The van der Waals surface area contributed by atoms with E-state index in [1.807, 2.05) is 11.1 Å². The van der Waals surface area contributed by atoms with Gasteiger partial charge in [0.1, 0.15) is 5.82 Å². The van der Waals surface area contributed by atoms with Crippen molar-refractivity contribution in [3.8, 4) is 11.3 Å². The second-order valence-corrected chi connectivity index (χ2v) is 8.75. The lowest BCUT2D eigenvalue weighted by Gasteiger charge is -2.29. The van der Waals surface area contributed by atoms with Crippen LogP contribution in [0.3, 0.4) is 0 Å². The number of hydrogen-bond donors (Lipinski definition) is 0. The van der Waals surface area contributed by atoms with Crippen LogP contribution in [0.25, 0.3) is 16.2 Å². The maximum Gasteiger partial charge on any atom is 0.225 e. The van der Waals surface area contributed by atoms with Crippen molar-refractivity contribution in [1.29, 1.82) is 0 Å². The lowest BCUT2D eigenvalue weighted by atomic mass is 9.88. The highest BCUT2D eigenvalue weighted by Crippen LogP contribution is 2.27. The van der Waals surface area contributed by atoms with Crippen LogP contribution in [0, 0.1) is 11.7 Å². The third-order valence-electron chi connectivity index (χ3n) is 5.89. The molecule has 0 unspecified atom stereocenters. The van der Waals surface area contributed by atoms with Crippen LogP contribution in [0.5, 0.6) is 0 Å². The molecule has 0 atom stereocenters. The SMILES string of the molecule is COCCN(CCc1csc2nc(-c3ccc(F)cc3)cn12)C(=O)C1CCCCC1. The van der Waals surface area contributed by atoms with Crippen molar-refractivity contribution in [2.24, 2.45) is 5.92 Å². The number of rotatable bonds is 8. The molecule has 0 saturated heterocycles. The van der Waals surface area contributed by atoms with E-state index in [0.717, 1.165) is 54.0 Å². The minimum absolute atomic E-state index is 0.163. The van der Waals surface area contributed by atoms with Gasteiger partial charge in [0.25, 0.3) is 0 Å². The molecule has 1 aliphatic carbocycles. The summed E-state index contributed by atoms with van der Waals surface area (Å²) in [6.07, 6.45) is 8.33. The number of halogens is 1. The fraction of sp³-hybridized carbons (Fsp3) is 0.478. The Hall–Kier alpha value is -2.25. The Balaban J connectivity index is 1.47. The fourth-order valence-electron chi connectivity index (χ4n) is 4.16. The minimum atomic E-state index is -0.251. The van der Waals surface area contributed by atoms with Crippen molar-refractivity contribution in [3.63, 3.8) is 0 Å². The summed E-state index contributed by atoms with van der Waals surface area (Å²) in [6.45, 7) is 1.86. The number of hydrogen-bond acceptors (Lipinski definition) is 4. The molecule has 0 bridgehead atoms. The molecule has 0 N–H and O–H groups in total. The van der Waals surface area contributed by atoms with E-state index in [1.54, 1.807) is 30.6 Å². The average molecular weight is 430 g/mol. The minimum Gasteiger partial charge on any atom is -0.383 e. The normalized spacial score (nSPS) is 15.0. The first-order valence-corrected chi connectivity index (χ1v) is 11.5. The summed E-state index contributed by atoms with van der Waals surface area (Å²) < 4.78 is 20.5. The predicted octanol–water partition coefficient (Wildman–Crippen LogP) is 4.80. The van der Waals surface area contributed by atoms with Gasteiger partial charge >= 0.3 is 0 Å². The average Bonchev–Trinajstić information content (AvgIpc) is 3.36. The molecule has 0 radical (unpaired) electrons. The number of aromatic nitrogens is 2. The molecule has 3 aromatic rings. The molecule has 0 spiro atoms. The molecule has 1 aliphatic rings. The Kier molecular flexibility index (Phi) is 6.79. The quantitative estimate of drug-likeness (QED) is 0.517. The van der Waals surface area contributed by atoms with E-state index in [9.17, 15) is 9.18 Å². The zero-order chi connectivity index (χ0) is 20.9. The number of carbonyl (C=O) groups is 1. The summed E-state index contributed by atoms with van der Waals surface area (Å²) in [6, 6.07) is 6.40. The molecule has 30 heavy (non-hydrogen) atoms. The van der Waals surface area contributed by atoms with Crippen molar-refractivity contribution >= 4 is 22.2 Å². The van der Waals surface area contributed by atoms with E-state index < -0.39 is 0 Å². The Labute approximate surface area is 180 Å². The number of amides is 1. The molecular formula is C23H28FN3O2S. The maximum absolute atomic E-state index is 13.2. The lowest BCUT2D eigenvalue weighted by molar-refractivity contribution is -0.137.